The predicted molar refractivity (Wildman–Crippen MR) is 100 cm³/mol. The average Bonchev–Trinajstić information content (AvgIpc) is 3.18. The van der Waals surface area contributed by atoms with E-state index in [1.807, 2.05) is 31.6 Å². The zero-order valence-corrected chi connectivity index (χ0v) is 15.7. The second-order valence-corrected chi connectivity index (χ2v) is 8.00. The van der Waals surface area contributed by atoms with Crippen LogP contribution in [0.5, 0.6) is 0 Å². The third-order valence-corrected chi connectivity index (χ3v) is 6.02. The maximum absolute atomic E-state index is 11.4. The molecule has 0 aromatic carbocycles. The van der Waals surface area contributed by atoms with Crippen LogP contribution in [0.1, 0.15) is 48.8 Å². The summed E-state index contributed by atoms with van der Waals surface area (Å²) in [5.41, 5.74) is 2.34. The first-order valence-corrected chi connectivity index (χ1v) is 9.76. The van der Waals surface area contributed by atoms with E-state index < -0.39 is 5.60 Å². The molecule has 138 valence electrons. The quantitative estimate of drug-likeness (QED) is 0.896. The molecule has 1 aliphatic heterocycles. The molecule has 26 heavy (non-hydrogen) atoms. The fraction of sp³-hybridized carbons (Fsp3) is 0.571. The number of aliphatic hydroxyl groups is 1. The largest absolute Gasteiger partial charge is 0.383 e. The van der Waals surface area contributed by atoms with Gasteiger partial charge in [0.15, 0.2) is 0 Å². The molecule has 5 nitrogen and oxygen atoms in total. The van der Waals surface area contributed by atoms with Crippen LogP contribution in [-0.2, 0) is 18.6 Å². The minimum Gasteiger partial charge on any atom is -0.383 e. The molecule has 1 saturated heterocycles. The number of fused-ring (bicyclic) bond motifs is 1. The van der Waals surface area contributed by atoms with Crippen LogP contribution in [0.3, 0.4) is 0 Å². The number of likely N-dealkylation sites (tertiary alicyclic amines) is 1. The fourth-order valence-electron chi connectivity index (χ4n) is 4.63. The first-order chi connectivity index (χ1) is 12.6. The molecule has 3 heterocycles. The highest BCUT2D eigenvalue weighted by atomic mass is 16.3. The number of aromatic nitrogens is 3. The lowest BCUT2D eigenvalue weighted by atomic mass is 9.85. The molecular weight excluding hydrogens is 324 g/mol. The van der Waals surface area contributed by atoms with Crippen molar-refractivity contribution >= 4 is 0 Å². The van der Waals surface area contributed by atoms with Gasteiger partial charge in [0, 0.05) is 56.1 Å². The topological polar surface area (TPSA) is 62.1 Å². The third kappa shape index (κ3) is 3.26. The van der Waals surface area contributed by atoms with Crippen molar-refractivity contribution in [2.24, 2.45) is 11.8 Å². The Balaban J connectivity index is 1.45. The fourth-order valence-corrected chi connectivity index (χ4v) is 4.63. The van der Waals surface area contributed by atoms with Gasteiger partial charge in [0.1, 0.15) is 11.4 Å². The van der Waals surface area contributed by atoms with Crippen LogP contribution < -0.4 is 0 Å². The zero-order valence-electron chi connectivity index (χ0n) is 15.7. The van der Waals surface area contributed by atoms with Crippen molar-refractivity contribution in [3.8, 4) is 0 Å². The highest BCUT2D eigenvalue weighted by molar-refractivity contribution is 5.22. The van der Waals surface area contributed by atoms with E-state index in [-0.39, 0.29) is 5.92 Å². The molecule has 2 aromatic heterocycles. The first kappa shape index (κ1) is 17.6. The Bertz CT molecular complexity index is 746. The highest BCUT2D eigenvalue weighted by Crippen LogP contribution is 2.50. The predicted octanol–water partition coefficient (Wildman–Crippen LogP) is 2.86. The summed E-state index contributed by atoms with van der Waals surface area (Å²) < 4.78 is 0. The van der Waals surface area contributed by atoms with E-state index in [4.69, 9.17) is 0 Å². The van der Waals surface area contributed by atoms with E-state index >= 15 is 0 Å². The molecule has 2 aromatic rings. The lowest BCUT2D eigenvalue weighted by molar-refractivity contribution is -0.0108. The molecule has 2 aliphatic rings. The van der Waals surface area contributed by atoms with E-state index in [1.54, 1.807) is 0 Å². The molecule has 0 unspecified atom stereocenters. The molecule has 1 saturated carbocycles. The monoisotopic (exact) mass is 352 g/mol. The van der Waals surface area contributed by atoms with Gasteiger partial charge in [0.05, 0.1) is 5.69 Å². The van der Waals surface area contributed by atoms with Crippen molar-refractivity contribution in [3.05, 3.63) is 53.4 Å². The number of hydrogen-bond donors (Lipinski definition) is 1. The van der Waals surface area contributed by atoms with Crippen molar-refractivity contribution in [2.75, 3.05) is 13.1 Å². The van der Waals surface area contributed by atoms with Gasteiger partial charge in [0.25, 0.3) is 0 Å². The lowest BCUT2D eigenvalue weighted by Gasteiger charge is -2.29. The molecule has 1 N–H and O–H groups in total. The van der Waals surface area contributed by atoms with Gasteiger partial charge >= 0.3 is 0 Å². The van der Waals surface area contributed by atoms with E-state index in [2.05, 4.69) is 32.8 Å². The van der Waals surface area contributed by atoms with Crippen LogP contribution in [0, 0.1) is 18.8 Å². The van der Waals surface area contributed by atoms with Gasteiger partial charge in [-0.05, 0) is 43.7 Å². The summed E-state index contributed by atoms with van der Waals surface area (Å²) in [5.74, 6) is 1.73. The summed E-state index contributed by atoms with van der Waals surface area (Å²) in [4.78, 5) is 15.9. The number of aryl methyl sites for hydroxylation is 2. The van der Waals surface area contributed by atoms with Gasteiger partial charge in [-0.3, -0.25) is 9.88 Å². The second kappa shape index (κ2) is 7.05. The van der Waals surface area contributed by atoms with Gasteiger partial charge in [-0.25, -0.2) is 9.97 Å². The normalized spacial score (nSPS) is 28.4. The first-order valence-electron chi connectivity index (χ1n) is 9.76. The van der Waals surface area contributed by atoms with E-state index in [1.165, 1.54) is 0 Å². The van der Waals surface area contributed by atoms with E-state index in [9.17, 15) is 5.11 Å². The van der Waals surface area contributed by atoms with E-state index in [0.29, 0.717) is 5.92 Å². The number of hydrogen-bond acceptors (Lipinski definition) is 5. The Morgan fingerprint density at radius 2 is 1.96 bits per heavy atom. The Morgan fingerprint density at radius 1 is 1.15 bits per heavy atom. The van der Waals surface area contributed by atoms with Crippen molar-refractivity contribution in [2.45, 2.75) is 51.7 Å². The molecule has 4 rings (SSSR count). The van der Waals surface area contributed by atoms with Crippen LogP contribution in [0.25, 0.3) is 0 Å². The molecule has 0 radical (unpaired) electrons. The maximum Gasteiger partial charge on any atom is 0.128 e. The van der Waals surface area contributed by atoms with Crippen molar-refractivity contribution in [1.29, 1.82) is 0 Å². The summed E-state index contributed by atoms with van der Waals surface area (Å²) in [6.45, 7) is 6.98. The van der Waals surface area contributed by atoms with Crippen LogP contribution in [0.2, 0.25) is 0 Å². The van der Waals surface area contributed by atoms with Gasteiger partial charge < -0.3 is 5.11 Å². The lowest BCUT2D eigenvalue weighted by Crippen LogP contribution is -2.35. The standard InChI is InChI=1S/C21H28N4O/c1-3-4-20-23-10-16(11-24-20)12-25-13-17-7-8-21(26,18(17)14-25)19-6-5-15(2)9-22-19/h5-6,9-11,17-18,26H,3-4,7-8,12-14H2,1-2H3/t17-,18+,21-/m0/s1. The SMILES string of the molecule is CCCc1ncc(CN2C[C@@H]3CC[C@@](O)(c4ccc(C)cn4)[C@@H]3C2)cn1. The summed E-state index contributed by atoms with van der Waals surface area (Å²) in [6.07, 6.45) is 9.67. The van der Waals surface area contributed by atoms with Gasteiger partial charge in [-0.15, -0.1) is 0 Å². The number of nitrogens with zero attached hydrogens (tertiary/aromatic N) is 4. The molecule has 3 atom stereocenters. The molecular formula is C21H28N4O. The van der Waals surface area contributed by atoms with Crippen LogP contribution >= 0.6 is 0 Å². The zero-order chi connectivity index (χ0) is 18.1. The summed E-state index contributed by atoms with van der Waals surface area (Å²) in [6, 6.07) is 4.05. The van der Waals surface area contributed by atoms with Gasteiger partial charge in [0.2, 0.25) is 0 Å². The Hall–Kier alpha value is -1.85. The minimum atomic E-state index is -0.783. The Morgan fingerprint density at radius 3 is 2.65 bits per heavy atom. The summed E-state index contributed by atoms with van der Waals surface area (Å²) in [7, 11) is 0. The van der Waals surface area contributed by atoms with Crippen LogP contribution in [-0.4, -0.2) is 38.0 Å². The second-order valence-electron chi connectivity index (χ2n) is 8.00. The summed E-state index contributed by atoms with van der Waals surface area (Å²) in [5, 5.41) is 11.4. The van der Waals surface area contributed by atoms with Crippen LogP contribution in [0.15, 0.2) is 30.7 Å². The molecule has 0 bridgehead atoms. The molecule has 1 aliphatic carbocycles. The number of pyridine rings is 1. The Kier molecular flexibility index (Phi) is 4.76. The Labute approximate surface area is 155 Å². The molecule has 2 fully saturated rings. The molecule has 0 spiro atoms. The van der Waals surface area contributed by atoms with Crippen LogP contribution in [0.4, 0.5) is 0 Å². The molecule has 0 amide bonds. The van der Waals surface area contributed by atoms with Crippen molar-refractivity contribution in [3.63, 3.8) is 0 Å². The third-order valence-electron chi connectivity index (χ3n) is 6.02. The minimum absolute atomic E-state index is 0.262. The van der Waals surface area contributed by atoms with Gasteiger partial charge in [-0.1, -0.05) is 13.0 Å². The van der Waals surface area contributed by atoms with Crippen molar-refractivity contribution < 1.29 is 5.11 Å². The summed E-state index contributed by atoms with van der Waals surface area (Å²) >= 11 is 0. The average molecular weight is 352 g/mol. The van der Waals surface area contributed by atoms with Gasteiger partial charge in [-0.2, -0.15) is 0 Å². The van der Waals surface area contributed by atoms with E-state index in [0.717, 1.165) is 68.0 Å². The smallest absolute Gasteiger partial charge is 0.128 e. The molecule has 5 heteroatoms. The maximum atomic E-state index is 11.4. The number of rotatable bonds is 5. The highest BCUT2D eigenvalue weighted by Gasteiger charge is 2.53. The van der Waals surface area contributed by atoms with Crippen molar-refractivity contribution in [1.82, 2.24) is 19.9 Å².